The maximum atomic E-state index is 10.2. The minimum atomic E-state index is -0.682. The number of ether oxygens (including phenoxy) is 1. The van der Waals surface area contributed by atoms with E-state index in [1.807, 2.05) is 31.2 Å². The van der Waals surface area contributed by atoms with Crippen LogP contribution in [0.4, 0.5) is 0 Å². The van der Waals surface area contributed by atoms with Crippen molar-refractivity contribution < 1.29 is 9.84 Å². The molecule has 1 aliphatic carbocycles. The van der Waals surface area contributed by atoms with E-state index in [4.69, 9.17) is 15.5 Å². The fraction of sp³-hybridized carbons (Fsp3) is 0.231. The monoisotopic (exact) mass is 424 g/mol. The molecule has 6 nitrogen and oxygen atoms in total. The molecule has 2 aromatic heterocycles. The Morgan fingerprint density at radius 3 is 2.47 bits per heavy atom. The molecule has 32 heavy (non-hydrogen) atoms. The SMILES string of the molecule is C[C@]1(O)C[C@](N)(c2ccc(-c3nc4n(c3-c3ccccc3)COc3ccncc3-4)cc2)C1. The van der Waals surface area contributed by atoms with Gasteiger partial charge in [-0.2, -0.15) is 0 Å². The largest absolute Gasteiger partial charge is 0.472 e. The summed E-state index contributed by atoms with van der Waals surface area (Å²) in [5, 5.41) is 10.2. The van der Waals surface area contributed by atoms with Crippen molar-refractivity contribution in [3.8, 4) is 39.7 Å². The summed E-state index contributed by atoms with van der Waals surface area (Å²) >= 11 is 0. The second-order valence-electron chi connectivity index (χ2n) is 9.16. The smallest absolute Gasteiger partial charge is 0.167 e. The summed E-state index contributed by atoms with van der Waals surface area (Å²) in [6, 6.07) is 20.4. The summed E-state index contributed by atoms with van der Waals surface area (Å²) in [5.41, 5.74) is 11.3. The average molecular weight is 425 g/mol. The number of nitrogens with zero attached hydrogens (tertiary/aromatic N) is 3. The molecule has 0 amide bonds. The van der Waals surface area contributed by atoms with Crippen LogP contribution < -0.4 is 10.5 Å². The summed E-state index contributed by atoms with van der Waals surface area (Å²) in [5.74, 6) is 1.64. The summed E-state index contributed by atoms with van der Waals surface area (Å²) in [6.07, 6.45) is 4.66. The highest BCUT2D eigenvalue weighted by Crippen LogP contribution is 2.47. The lowest BCUT2D eigenvalue weighted by atomic mass is 9.63. The van der Waals surface area contributed by atoms with Crippen molar-refractivity contribution in [2.24, 2.45) is 5.73 Å². The van der Waals surface area contributed by atoms with Crippen molar-refractivity contribution >= 4 is 0 Å². The van der Waals surface area contributed by atoms with Gasteiger partial charge < -0.3 is 15.6 Å². The van der Waals surface area contributed by atoms with Crippen LogP contribution in [0.5, 0.6) is 5.75 Å². The number of nitrogens with two attached hydrogens (primary N) is 1. The summed E-state index contributed by atoms with van der Waals surface area (Å²) in [7, 11) is 0. The Labute approximate surface area is 186 Å². The van der Waals surface area contributed by atoms with E-state index in [0.717, 1.165) is 45.2 Å². The van der Waals surface area contributed by atoms with Crippen LogP contribution in [0.25, 0.3) is 33.9 Å². The molecule has 0 spiro atoms. The quantitative estimate of drug-likeness (QED) is 0.511. The second kappa shape index (κ2) is 6.76. The Balaban J connectivity index is 1.48. The standard InChI is InChI=1S/C26H24N4O2/c1-25(31)14-26(27,15-25)19-9-7-17(8-10-19)22-23(18-5-3-2-4-6-18)30-16-32-21-11-12-28-13-20(21)24(30)29-22/h2-13,31H,14-16,27H2,1H3/t25-,26+. The second-order valence-corrected chi connectivity index (χ2v) is 9.16. The molecule has 160 valence electrons. The molecule has 0 atom stereocenters. The van der Waals surface area contributed by atoms with Gasteiger partial charge in [0.2, 0.25) is 0 Å². The number of pyridine rings is 1. The molecule has 1 fully saturated rings. The molecule has 4 aromatic rings. The van der Waals surface area contributed by atoms with Crippen LogP contribution in [0.1, 0.15) is 25.3 Å². The van der Waals surface area contributed by atoms with E-state index in [1.54, 1.807) is 12.4 Å². The van der Waals surface area contributed by atoms with Gasteiger partial charge in [0.25, 0.3) is 0 Å². The van der Waals surface area contributed by atoms with Gasteiger partial charge in [-0.05, 0) is 31.4 Å². The minimum Gasteiger partial charge on any atom is -0.472 e. The van der Waals surface area contributed by atoms with Gasteiger partial charge in [-0.25, -0.2) is 4.98 Å². The third kappa shape index (κ3) is 2.95. The van der Waals surface area contributed by atoms with Gasteiger partial charge >= 0.3 is 0 Å². The predicted octanol–water partition coefficient (Wildman–Crippen LogP) is 4.33. The molecular formula is C26H24N4O2. The third-order valence-corrected chi connectivity index (χ3v) is 6.51. The number of imidazole rings is 1. The molecule has 2 aromatic carbocycles. The molecular weight excluding hydrogens is 400 g/mol. The van der Waals surface area contributed by atoms with E-state index in [1.165, 1.54) is 0 Å². The Morgan fingerprint density at radius 2 is 1.75 bits per heavy atom. The first-order valence-electron chi connectivity index (χ1n) is 10.8. The molecule has 0 radical (unpaired) electrons. The van der Waals surface area contributed by atoms with Crippen molar-refractivity contribution in [3.05, 3.63) is 78.6 Å². The molecule has 2 aliphatic rings. The number of aliphatic hydroxyl groups is 1. The number of hydrogen-bond donors (Lipinski definition) is 2. The van der Waals surface area contributed by atoms with Gasteiger partial charge in [-0.3, -0.25) is 9.55 Å². The molecule has 3 N–H and O–H groups in total. The van der Waals surface area contributed by atoms with Crippen molar-refractivity contribution in [1.82, 2.24) is 14.5 Å². The Kier molecular flexibility index (Phi) is 4.06. The van der Waals surface area contributed by atoms with Crippen molar-refractivity contribution in [1.29, 1.82) is 0 Å². The van der Waals surface area contributed by atoms with Gasteiger partial charge in [0, 0.05) is 29.1 Å². The van der Waals surface area contributed by atoms with Gasteiger partial charge in [0.1, 0.15) is 11.6 Å². The van der Waals surface area contributed by atoms with E-state index in [0.29, 0.717) is 19.6 Å². The normalized spacial score (nSPS) is 23.6. The predicted molar refractivity (Wildman–Crippen MR) is 123 cm³/mol. The fourth-order valence-corrected chi connectivity index (χ4v) is 5.16. The van der Waals surface area contributed by atoms with Gasteiger partial charge in [0.05, 0.1) is 22.6 Å². The van der Waals surface area contributed by atoms with Crippen LogP contribution in [0.3, 0.4) is 0 Å². The van der Waals surface area contributed by atoms with E-state index >= 15 is 0 Å². The van der Waals surface area contributed by atoms with Crippen LogP contribution in [0.15, 0.2) is 73.1 Å². The number of fused-ring (bicyclic) bond motifs is 3. The first-order chi connectivity index (χ1) is 15.4. The Hall–Kier alpha value is -3.48. The molecule has 3 heterocycles. The highest BCUT2D eigenvalue weighted by Gasteiger charge is 2.49. The first kappa shape index (κ1) is 19.2. The van der Waals surface area contributed by atoms with E-state index in [9.17, 15) is 5.11 Å². The van der Waals surface area contributed by atoms with E-state index in [-0.39, 0.29) is 0 Å². The zero-order valence-electron chi connectivity index (χ0n) is 17.8. The lowest BCUT2D eigenvalue weighted by Gasteiger charge is -2.49. The molecule has 0 bridgehead atoms. The third-order valence-electron chi connectivity index (χ3n) is 6.51. The molecule has 1 aliphatic heterocycles. The maximum absolute atomic E-state index is 10.2. The summed E-state index contributed by atoms with van der Waals surface area (Å²) in [4.78, 5) is 9.34. The highest BCUT2D eigenvalue weighted by atomic mass is 16.5. The topological polar surface area (TPSA) is 86.2 Å². The van der Waals surface area contributed by atoms with Gasteiger partial charge in [-0.1, -0.05) is 54.6 Å². The molecule has 6 rings (SSSR count). The van der Waals surface area contributed by atoms with Crippen molar-refractivity contribution in [2.75, 3.05) is 0 Å². The zero-order chi connectivity index (χ0) is 21.9. The van der Waals surface area contributed by atoms with Crippen LogP contribution in [-0.2, 0) is 12.3 Å². The Bertz CT molecular complexity index is 1300. The Morgan fingerprint density at radius 1 is 1.00 bits per heavy atom. The van der Waals surface area contributed by atoms with Gasteiger partial charge in [0.15, 0.2) is 6.73 Å². The van der Waals surface area contributed by atoms with Crippen molar-refractivity contribution in [2.45, 2.75) is 37.6 Å². The summed E-state index contributed by atoms with van der Waals surface area (Å²) < 4.78 is 8.12. The lowest BCUT2D eigenvalue weighted by Crippen LogP contribution is -2.58. The summed E-state index contributed by atoms with van der Waals surface area (Å²) in [6.45, 7) is 2.23. The highest BCUT2D eigenvalue weighted by molar-refractivity contribution is 5.83. The maximum Gasteiger partial charge on any atom is 0.167 e. The average Bonchev–Trinajstić information content (AvgIpc) is 3.18. The van der Waals surface area contributed by atoms with Crippen LogP contribution in [0, 0.1) is 0 Å². The molecule has 0 saturated heterocycles. The van der Waals surface area contributed by atoms with E-state index < -0.39 is 11.1 Å². The lowest BCUT2D eigenvalue weighted by molar-refractivity contribution is -0.0738. The molecule has 0 unspecified atom stereocenters. The van der Waals surface area contributed by atoms with Crippen LogP contribution in [0.2, 0.25) is 0 Å². The number of benzene rings is 2. The first-order valence-corrected chi connectivity index (χ1v) is 10.8. The molecule has 1 saturated carbocycles. The zero-order valence-corrected chi connectivity index (χ0v) is 17.8. The number of rotatable bonds is 3. The fourth-order valence-electron chi connectivity index (χ4n) is 5.16. The minimum absolute atomic E-state index is 0.392. The number of hydrogen-bond acceptors (Lipinski definition) is 5. The van der Waals surface area contributed by atoms with Gasteiger partial charge in [-0.15, -0.1) is 0 Å². The van der Waals surface area contributed by atoms with Crippen LogP contribution in [-0.4, -0.2) is 25.2 Å². The number of aromatic nitrogens is 3. The van der Waals surface area contributed by atoms with E-state index in [2.05, 4.69) is 45.9 Å². The van der Waals surface area contributed by atoms with Crippen LogP contribution >= 0.6 is 0 Å². The van der Waals surface area contributed by atoms with Crippen molar-refractivity contribution in [3.63, 3.8) is 0 Å². The molecule has 6 heteroatoms.